The molecule has 2 heteroatoms. The van der Waals surface area contributed by atoms with Gasteiger partial charge in [0.05, 0.1) is 7.11 Å². The van der Waals surface area contributed by atoms with Crippen molar-refractivity contribution in [2.24, 2.45) is 0 Å². The average molecular weight is 252 g/mol. The number of hydrogen-bond donors (Lipinski definition) is 1. The van der Waals surface area contributed by atoms with Crippen molar-refractivity contribution in [1.29, 1.82) is 0 Å². The molecule has 0 unspecified atom stereocenters. The summed E-state index contributed by atoms with van der Waals surface area (Å²) in [4.78, 5) is 0. The van der Waals surface area contributed by atoms with Crippen LogP contribution in [0.15, 0.2) is 36.4 Å². The van der Waals surface area contributed by atoms with E-state index in [1.807, 2.05) is 24.3 Å². The third-order valence-electron chi connectivity index (χ3n) is 3.74. The molecule has 3 aromatic carbocycles. The van der Waals surface area contributed by atoms with Crippen molar-refractivity contribution in [2.45, 2.75) is 13.8 Å². The molecular weight excluding hydrogens is 236 g/mol. The van der Waals surface area contributed by atoms with Gasteiger partial charge in [0.25, 0.3) is 0 Å². The first-order valence-electron chi connectivity index (χ1n) is 6.31. The number of methoxy groups -OCH3 is 1. The number of fused-ring (bicyclic) bond motifs is 2. The van der Waals surface area contributed by atoms with E-state index in [1.165, 1.54) is 5.56 Å². The van der Waals surface area contributed by atoms with E-state index in [-0.39, 0.29) is 0 Å². The number of hydrogen-bond acceptors (Lipinski definition) is 2. The first kappa shape index (κ1) is 11.8. The highest BCUT2D eigenvalue weighted by Crippen LogP contribution is 2.36. The maximum Gasteiger partial charge on any atom is 0.126 e. The van der Waals surface area contributed by atoms with Gasteiger partial charge >= 0.3 is 0 Å². The molecule has 0 saturated heterocycles. The van der Waals surface area contributed by atoms with Gasteiger partial charge in [0.2, 0.25) is 0 Å². The zero-order chi connectivity index (χ0) is 13.6. The summed E-state index contributed by atoms with van der Waals surface area (Å²) >= 11 is 0. The third-order valence-corrected chi connectivity index (χ3v) is 3.74. The molecule has 0 amide bonds. The fraction of sp³-hybridized carbons (Fsp3) is 0.176. The standard InChI is InChI=1S/C17H16O2/c1-10-4-6-16(18)14-8-13-11(2)5-7-17(19-3)15(13)9-12(10)14/h4-9,18H,1-3H3. The van der Waals surface area contributed by atoms with Gasteiger partial charge in [-0.3, -0.25) is 0 Å². The van der Waals surface area contributed by atoms with Gasteiger partial charge in [-0.25, -0.2) is 0 Å². The number of rotatable bonds is 1. The average Bonchev–Trinajstić information content (AvgIpc) is 2.43. The highest BCUT2D eigenvalue weighted by atomic mass is 16.5. The van der Waals surface area contributed by atoms with Crippen molar-refractivity contribution in [1.82, 2.24) is 0 Å². The predicted molar refractivity (Wildman–Crippen MR) is 79.1 cm³/mol. The molecule has 0 heterocycles. The van der Waals surface area contributed by atoms with Gasteiger partial charge in [0, 0.05) is 10.8 Å². The van der Waals surface area contributed by atoms with Gasteiger partial charge in [-0.1, -0.05) is 12.1 Å². The SMILES string of the molecule is COc1ccc(C)c2cc3c(O)ccc(C)c3cc12. The van der Waals surface area contributed by atoms with Gasteiger partial charge in [0.1, 0.15) is 11.5 Å². The topological polar surface area (TPSA) is 29.5 Å². The fourth-order valence-corrected chi connectivity index (χ4v) is 2.61. The minimum absolute atomic E-state index is 0.324. The normalized spacial score (nSPS) is 11.1. The molecule has 0 bridgehead atoms. The monoisotopic (exact) mass is 252 g/mol. The van der Waals surface area contributed by atoms with Crippen molar-refractivity contribution in [3.05, 3.63) is 47.5 Å². The van der Waals surface area contributed by atoms with Crippen LogP contribution in [0.5, 0.6) is 11.5 Å². The minimum Gasteiger partial charge on any atom is -0.507 e. The van der Waals surface area contributed by atoms with Gasteiger partial charge in [-0.15, -0.1) is 0 Å². The second-order valence-corrected chi connectivity index (χ2v) is 4.93. The van der Waals surface area contributed by atoms with Gasteiger partial charge in [-0.05, 0) is 60.0 Å². The molecule has 0 saturated carbocycles. The van der Waals surface area contributed by atoms with Gasteiger partial charge in [0.15, 0.2) is 0 Å². The van der Waals surface area contributed by atoms with E-state index in [9.17, 15) is 5.11 Å². The number of benzene rings is 3. The van der Waals surface area contributed by atoms with E-state index in [4.69, 9.17) is 4.74 Å². The van der Waals surface area contributed by atoms with Crippen LogP contribution in [0.1, 0.15) is 11.1 Å². The molecule has 0 fully saturated rings. The Balaban J connectivity index is 2.55. The molecular formula is C17H16O2. The van der Waals surface area contributed by atoms with Crippen molar-refractivity contribution in [3.8, 4) is 11.5 Å². The number of phenols is 1. The molecule has 0 aliphatic heterocycles. The quantitative estimate of drug-likeness (QED) is 0.653. The molecule has 19 heavy (non-hydrogen) atoms. The van der Waals surface area contributed by atoms with E-state index in [2.05, 4.69) is 19.9 Å². The summed E-state index contributed by atoms with van der Waals surface area (Å²) in [5.41, 5.74) is 2.33. The summed E-state index contributed by atoms with van der Waals surface area (Å²) in [7, 11) is 1.68. The lowest BCUT2D eigenvalue weighted by Crippen LogP contribution is -1.88. The fourth-order valence-electron chi connectivity index (χ4n) is 2.61. The second-order valence-electron chi connectivity index (χ2n) is 4.93. The summed E-state index contributed by atoms with van der Waals surface area (Å²) in [5, 5.41) is 14.2. The van der Waals surface area contributed by atoms with Crippen LogP contribution in [0.25, 0.3) is 21.5 Å². The molecule has 3 rings (SSSR count). The second kappa shape index (κ2) is 4.16. The van der Waals surface area contributed by atoms with Crippen molar-refractivity contribution >= 4 is 21.5 Å². The summed E-state index contributed by atoms with van der Waals surface area (Å²) < 4.78 is 5.44. The van der Waals surface area contributed by atoms with E-state index < -0.39 is 0 Å². The largest absolute Gasteiger partial charge is 0.507 e. The van der Waals surface area contributed by atoms with Crippen LogP contribution in [-0.4, -0.2) is 12.2 Å². The summed E-state index contributed by atoms with van der Waals surface area (Å²) in [6, 6.07) is 11.9. The zero-order valence-corrected chi connectivity index (χ0v) is 11.3. The van der Waals surface area contributed by atoms with Crippen LogP contribution >= 0.6 is 0 Å². The summed E-state index contributed by atoms with van der Waals surface area (Å²) in [6.45, 7) is 4.12. The number of phenolic OH excluding ortho intramolecular Hbond substituents is 1. The molecule has 2 nitrogen and oxygen atoms in total. The Morgan fingerprint density at radius 1 is 0.789 bits per heavy atom. The van der Waals surface area contributed by atoms with Crippen molar-refractivity contribution < 1.29 is 9.84 Å². The van der Waals surface area contributed by atoms with Crippen molar-refractivity contribution in [2.75, 3.05) is 7.11 Å². The molecule has 3 aromatic rings. The van der Waals surface area contributed by atoms with E-state index in [1.54, 1.807) is 13.2 Å². The Labute approximate surface area is 112 Å². The van der Waals surface area contributed by atoms with Gasteiger partial charge < -0.3 is 9.84 Å². The van der Waals surface area contributed by atoms with E-state index in [0.29, 0.717) is 5.75 Å². The van der Waals surface area contributed by atoms with Crippen molar-refractivity contribution in [3.63, 3.8) is 0 Å². The highest BCUT2D eigenvalue weighted by molar-refractivity contribution is 6.05. The van der Waals surface area contributed by atoms with Crippen LogP contribution in [0.2, 0.25) is 0 Å². The van der Waals surface area contributed by atoms with Crippen LogP contribution in [0, 0.1) is 13.8 Å². The van der Waals surface area contributed by atoms with Crippen LogP contribution in [-0.2, 0) is 0 Å². The summed E-state index contributed by atoms with van der Waals surface area (Å²) in [6.07, 6.45) is 0. The lowest BCUT2D eigenvalue weighted by atomic mass is 9.97. The third kappa shape index (κ3) is 1.72. The number of ether oxygens (including phenoxy) is 1. The molecule has 0 aliphatic carbocycles. The molecule has 0 aliphatic rings. The molecule has 0 radical (unpaired) electrons. The Kier molecular flexibility index (Phi) is 2.59. The lowest BCUT2D eigenvalue weighted by molar-refractivity contribution is 0.420. The predicted octanol–water partition coefficient (Wildman–Crippen LogP) is 4.32. The molecule has 96 valence electrons. The van der Waals surface area contributed by atoms with E-state index in [0.717, 1.165) is 32.9 Å². The van der Waals surface area contributed by atoms with Crippen LogP contribution in [0.3, 0.4) is 0 Å². The first-order valence-corrected chi connectivity index (χ1v) is 6.31. The van der Waals surface area contributed by atoms with Crippen LogP contribution in [0.4, 0.5) is 0 Å². The lowest BCUT2D eigenvalue weighted by Gasteiger charge is -2.11. The maximum atomic E-state index is 10.0. The molecule has 0 atom stereocenters. The smallest absolute Gasteiger partial charge is 0.126 e. The van der Waals surface area contributed by atoms with E-state index >= 15 is 0 Å². The highest BCUT2D eigenvalue weighted by Gasteiger charge is 2.09. The Morgan fingerprint density at radius 2 is 1.37 bits per heavy atom. The number of aromatic hydroxyl groups is 1. The Morgan fingerprint density at radius 3 is 2.05 bits per heavy atom. The first-order chi connectivity index (χ1) is 9.11. The van der Waals surface area contributed by atoms with Gasteiger partial charge in [-0.2, -0.15) is 0 Å². The Bertz CT molecular complexity index is 788. The Hall–Kier alpha value is -2.22. The van der Waals surface area contributed by atoms with Crippen LogP contribution < -0.4 is 4.74 Å². The molecule has 1 N–H and O–H groups in total. The zero-order valence-electron chi connectivity index (χ0n) is 11.3. The summed E-state index contributed by atoms with van der Waals surface area (Å²) in [5.74, 6) is 1.19. The molecule has 0 aromatic heterocycles. The number of aryl methyl sites for hydroxylation is 2. The minimum atomic E-state index is 0.324. The maximum absolute atomic E-state index is 10.0. The molecule has 0 spiro atoms.